The number of carbonyl (C=O) groups is 1. The molecule has 0 saturated carbocycles. The molecule has 1 aromatic carbocycles. The van der Waals surface area contributed by atoms with Crippen LogP contribution in [-0.4, -0.2) is 40.3 Å². The Hall–Kier alpha value is -2.48. The molecule has 26 heavy (non-hydrogen) atoms. The highest BCUT2D eigenvalue weighted by Crippen LogP contribution is 2.25. The van der Waals surface area contributed by atoms with Gasteiger partial charge in [-0.1, -0.05) is 12.1 Å². The molecular formula is C18H23FN4O3. The summed E-state index contributed by atoms with van der Waals surface area (Å²) in [6.45, 7) is 7.96. The fraction of sp³-hybridized carbons (Fsp3) is 0.500. The molecular weight excluding hydrogens is 339 g/mol. The van der Waals surface area contributed by atoms with Crippen LogP contribution in [0.15, 0.2) is 22.6 Å². The minimum absolute atomic E-state index is 0.157. The van der Waals surface area contributed by atoms with Crippen LogP contribution in [-0.2, 0) is 4.74 Å². The predicted molar refractivity (Wildman–Crippen MR) is 92.0 cm³/mol. The Morgan fingerprint density at radius 3 is 2.77 bits per heavy atom. The molecule has 2 heterocycles. The minimum atomic E-state index is -0.450. The molecule has 1 aromatic heterocycles. The maximum Gasteiger partial charge on any atom is 0.318 e. The van der Waals surface area contributed by atoms with E-state index in [0.29, 0.717) is 30.4 Å². The number of amides is 2. The summed E-state index contributed by atoms with van der Waals surface area (Å²) in [4.78, 5) is 14.4. The van der Waals surface area contributed by atoms with Gasteiger partial charge in [0.25, 0.3) is 0 Å². The van der Waals surface area contributed by atoms with Gasteiger partial charge < -0.3 is 19.4 Å². The molecule has 0 unspecified atom stereocenters. The second-order valence-electron chi connectivity index (χ2n) is 6.68. The molecule has 1 saturated heterocycles. The largest absolute Gasteiger partial charge is 0.423 e. The lowest BCUT2D eigenvalue weighted by molar-refractivity contribution is -0.0769. The van der Waals surface area contributed by atoms with Crippen LogP contribution in [0.25, 0.3) is 0 Å². The summed E-state index contributed by atoms with van der Waals surface area (Å²) in [7, 11) is 0. The first-order valence-electron chi connectivity index (χ1n) is 8.60. The van der Waals surface area contributed by atoms with Gasteiger partial charge in [-0.15, -0.1) is 10.2 Å². The first-order valence-corrected chi connectivity index (χ1v) is 8.60. The third kappa shape index (κ3) is 4.01. The number of hydrogen-bond acceptors (Lipinski definition) is 5. The van der Waals surface area contributed by atoms with Crippen LogP contribution in [0, 0.1) is 19.7 Å². The number of aryl methyl sites for hydroxylation is 2. The first-order chi connectivity index (χ1) is 12.3. The molecule has 0 bridgehead atoms. The fourth-order valence-electron chi connectivity index (χ4n) is 2.99. The van der Waals surface area contributed by atoms with Crippen molar-refractivity contribution in [2.24, 2.45) is 0 Å². The molecule has 140 valence electrons. The molecule has 3 rings (SSSR count). The van der Waals surface area contributed by atoms with Crippen molar-refractivity contribution in [1.82, 2.24) is 20.4 Å². The van der Waals surface area contributed by atoms with Gasteiger partial charge in [-0.2, -0.15) is 0 Å². The van der Waals surface area contributed by atoms with Gasteiger partial charge in [0.2, 0.25) is 11.8 Å². The van der Waals surface area contributed by atoms with Gasteiger partial charge in [0, 0.05) is 13.5 Å². The molecule has 0 radical (unpaired) electrons. The number of urea groups is 1. The Morgan fingerprint density at radius 1 is 1.35 bits per heavy atom. The summed E-state index contributed by atoms with van der Waals surface area (Å²) in [6.07, 6.45) is -0.607. The third-order valence-corrected chi connectivity index (χ3v) is 4.39. The molecule has 0 aliphatic carbocycles. The molecule has 1 fully saturated rings. The van der Waals surface area contributed by atoms with Crippen LogP contribution in [0.3, 0.4) is 0 Å². The van der Waals surface area contributed by atoms with Gasteiger partial charge in [-0.3, -0.25) is 0 Å². The SMILES string of the molecule is Cc1nnc([C@H]2CN(C(=O)N[C@H](C)c3ccc(F)c(C)c3)C[C@@H](C)O2)o1. The van der Waals surface area contributed by atoms with Crippen LogP contribution in [0.2, 0.25) is 0 Å². The normalized spacial score (nSPS) is 21.5. The number of halogens is 1. The van der Waals surface area contributed by atoms with Crippen LogP contribution in [0.1, 0.15) is 48.9 Å². The van der Waals surface area contributed by atoms with Gasteiger partial charge >= 0.3 is 6.03 Å². The van der Waals surface area contributed by atoms with E-state index in [1.54, 1.807) is 30.9 Å². The van der Waals surface area contributed by atoms with Crippen molar-refractivity contribution in [2.45, 2.75) is 45.9 Å². The van der Waals surface area contributed by atoms with E-state index in [1.807, 2.05) is 13.8 Å². The van der Waals surface area contributed by atoms with Crippen molar-refractivity contribution in [3.8, 4) is 0 Å². The molecule has 2 amide bonds. The molecule has 7 nitrogen and oxygen atoms in total. The van der Waals surface area contributed by atoms with Gasteiger partial charge in [0.15, 0.2) is 6.10 Å². The smallest absolute Gasteiger partial charge is 0.318 e. The maximum atomic E-state index is 13.4. The zero-order valence-electron chi connectivity index (χ0n) is 15.3. The Kier molecular flexibility index (Phi) is 5.22. The second-order valence-corrected chi connectivity index (χ2v) is 6.68. The molecule has 1 N–H and O–H groups in total. The van der Waals surface area contributed by atoms with Gasteiger partial charge in [-0.25, -0.2) is 9.18 Å². The van der Waals surface area contributed by atoms with E-state index in [1.165, 1.54) is 6.07 Å². The van der Waals surface area contributed by atoms with Crippen molar-refractivity contribution >= 4 is 6.03 Å². The Balaban J connectivity index is 1.67. The van der Waals surface area contributed by atoms with E-state index in [9.17, 15) is 9.18 Å². The summed E-state index contributed by atoms with van der Waals surface area (Å²) in [6, 6.07) is 4.38. The minimum Gasteiger partial charge on any atom is -0.423 e. The standard InChI is InChI=1S/C18H23FN4O3/c1-10-7-14(5-6-15(10)19)12(3)20-18(24)23-8-11(2)25-16(9-23)17-22-21-13(4)26-17/h5-7,11-12,16H,8-9H2,1-4H3,(H,20,24)/t11-,12-,16-/m1/s1. The number of nitrogens with zero attached hydrogens (tertiary/aromatic N) is 3. The van der Waals surface area contributed by atoms with Crippen molar-refractivity contribution in [2.75, 3.05) is 13.1 Å². The van der Waals surface area contributed by atoms with Crippen LogP contribution in [0.5, 0.6) is 0 Å². The second kappa shape index (κ2) is 7.41. The Morgan fingerprint density at radius 2 is 2.12 bits per heavy atom. The Labute approximate surface area is 151 Å². The molecule has 2 aromatic rings. The number of hydrogen-bond donors (Lipinski definition) is 1. The Bertz CT molecular complexity index is 794. The zero-order valence-corrected chi connectivity index (χ0v) is 15.3. The molecule has 1 aliphatic heterocycles. The maximum absolute atomic E-state index is 13.4. The molecule has 1 aliphatic rings. The van der Waals surface area contributed by atoms with Gasteiger partial charge in [0.1, 0.15) is 5.82 Å². The lowest BCUT2D eigenvalue weighted by atomic mass is 10.1. The molecule has 8 heteroatoms. The van der Waals surface area contributed by atoms with E-state index in [4.69, 9.17) is 9.15 Å². The summed E-state index contributed by atoms with van der Waals surface area (Å²) in [5.74, 6) is 0.569. The summed E-state index contributed by atoms with van der Waals surface area (Å²) < 4.78 is 24.7. The van der Waals surface area contributed by atoms with Crippen molar-refractivity contribution in [1.29, 1.82) is 0 Å². The number of benzene rings is 1. The summed E-state index contributed by atoms with van der Waals surface area (Å²) >= 11 is 0. The topological polar surface area (TPSA) is 80.5 Å². The molecule has 0 spiro atoms. The average Bonchev–Trinajstić information content (AvgIpc) is 3.03. The number of carbonyl (C=O) groups excluding carboxylic acids is 1. The van der Waals surface area contributed by atoms with Crippen LogP contribution in [0.4, 0.5) is 9.18 Å². The highest BCUT2D eigenvalue weighted by molar-refractivity contribution is 5.75. The van der Waals surface area contributed by atoms with E-state index < -0.39 is 6.10 Å². The fourth-order valence-corrected chi connectivity index (χ4v) is 2.99. The van der Waals surface area contributed by atoms with Gasteiger partial charge in [-0.05, 0) is 38.0 Å². The number of nitrogens with one attached hydrogen (secondary N) is 1. The van der Waals surface area contributed by atoms with E-state index in [2.05, 4.69) is 15.5 Å². The van der Waals surface area contributed by atoms with E-state index in [-0.39, 0.29) is 24.0 Å². The monoisotopic (exact) mass is 362 g/mol. The molecule has 3 atom stereocenters. The number of aromatic nitrogens is 2. The number of ether oxygens (including phenoxy) is 1. The van der Waals surface area contributed by atoms with Crippen molar-refractivity contribution < 1.29 is 18.3 Å². The lowest BCUT2D eigenvalue weighted by Crippen LogP contribution is -2.50. The van der Waals surface area contributed by atoms with E-state index >= 15 is 0 Å². The van der Waals surface area contributed by atoms with Crippen molar-refractivity contribution in [3.05, 3.63) is 46.9 Å². The van der Waals surface area contributed by atoms with Crippen LogP contribution >= 0.6 is 0 Å². The average molecular weight is 362 g/mol. The lowest BCUT2D eigenvalue weighted by Gasteiger charge is -2.35. The van der Waals surface area contributed by atoms with Gasteiger partial charge in [0.05, 0.1) is 18.7 Å². The first kappa shape index (κ1) is 18.3. The summed E-state index contributed by atoms with van der Waals surface area (Å²) in [5, 5.41) is 10.8. The van der Waals surface area contributed by atoms with Crippen molar-refractivity contribution in [3.63, 3.8) is 0 Å². The quantitative estimate of drug-likeness (QED) is 0.908. The highest BCUT2D eigenvalue weighted by atomic mass is 19.1. The predicted octanol–water partition coefficient (Wildman–Crippen LogP) is 3.06. The van der Waals surface area contributed by atoms with Crippen LogP contribution < -0.4 is 5.32 Å². The number of rotatable bonds is 3. The third-order valence-electron chi connectivity index (χ3n) is 4.39. The number of morpholine rings is 1. The zero-order chi connectivity index (χ0) is 18.8. The van der Waals surface area contributed by atoms with E-state index in [0.717, 1.165) is 5.56 Å². The summed E-state index contributed by atoms with van der Waals surface area (Å²) in [5.41, 5.74) is 1.40. The highest BCUT2D eigenvalue weighted by Gasteiger charge is 2.33.